The van der Waals surface area contributed by atoms with Crippen molar-refractivity contribution in [2.45, 2.75) is 26.8 Å². The van der Waals surface area contributed by atoms with E-state index in [-0.39, 0.29) is 0 Å². The third-order valence-corrected chi connectivity index (χ3v) is 5.98. The maximum absolute atomic E-state index is 4.88. The van der Waals surface area contributed by atoms with E-state index in [1.807, 2.05) is 25.1 Å². The minimum absolute atomic E-state index is 0.654. The number of fused-ring (bicyclic) bond motifs is 1. The third-order valence-electron chi connectivity index (χ3n) is 5.98. The second-order valence-corrected chi connectivity index (χ2v) is 8.62. The second kappa shape index (κ2) is 9.74. The summed E-state index contributed by atoms with van der Waals surface area (Å²) in [6.45, 7) is 4.82. The average molecular weight is 442 g/mol. The fourth-order valence-electron chi connectivity index (χ4n) is 4.35. The van der Waals surface area contributed by atoms with Gasteiger partial charge in [-0.15, -0.1) is 5.10 Å². The number of pyridine rings is 1. The number of allylic oxidation sites excluding steroid dienone is 6. The molecule has 1 aliphatic heterocycles. The van der Waals surface area contributed by atoms with Crippen LogP contribution >= 0.6 is 0 Å². The minimum Gasteiger partial charge on any atom is -0.253 e. The van der Waals surface area contributed by atoms with Crippen LogP contribution < -0.4 is 10.4 Å². The monoisotopic (exact) mass is 441 g/mol. The van der Waals surface area contributed by atoms with E-state index in [4.69, 9.17) is 10.1 Å². The van der Waals surface area contributed by atoms with Crippen LogP contribution in [-0.2, 0) is 6.54 Å². The summed E-state index contributed by atoms with van der Waals surface area (Å²) in [6, 6.07) is 23.3. The first-order valence-corrected chi connectivity index (χ1v) is 11.6. The van der Waals surface area contributed by atoms with Crippen molar-refractivity contribution in [3.8, 4) is 0 Å². The number of benzene rings is 2. The summed E-state index contributed by atoms with van der Waals surface area (Å²) in [7, 11) is 0. The number of hydrazone groups is 1. The molecule has 0 radical (unpaired) electrons. The molecule has 3 heteroatoms. The van der Waals surface area contributed by atoms with Crippen molar-refractivity contribution >= 4 is 29.3 Å². The van der Waals surface area contributed by atoms with Gasteiger partial charge in [-0.05, 0) is 54.1 Å². The topological polar surface area (TPSA) is 28.5 Å². The first kappa shape index (κ1) is 21.6. The van der Waals surface area contributed by atoms with Crippen molar-refractivity contribution < 1.29 is 0 Å². The molecular formula is C31H27N3. The van der Waals surface area contributed by atoms with Gasteiger partial charge in [0.25, 0.3) is 0 Å². The van der Waals surface area contributed by atoms with Gasteiger partial charge in [0.05, 0.1) is 17.9 Å². The molecule has 0 N–H and O–H groups in total. The summed E-state index contributed by atoms with van der Waals surface area (Å²) < 4.78 is 0. The molecule has 3 aromatic rings. The van der Waals surface area contributed by atoms with Gasteiger partial charge in [-0.25, -0.2) is 0 Å². The Bertz CT molecular complexity index is 1500. The molecule has 3 nitrogen and oxygen atoms in total. The zero-order chi connectivity index (χ0) is 23.3. The maximum atomic E-state index is 4.88. The van der Waals surface area contributed by atoms with Gasteiger partial charge >= 0.3 is 0 Å². The molecule has 166 valence electrons. The van der Waals surface area contributed by atoms with Crippen molar-refractivity contribution in [1.29, 1.82) is 0 Å². The normalized spacial score (nSPS) is 19.5. The van der Waals surface area contributed by atoms with Crippen LogP contribution in [0, 0.1) is 6.92 Å². The van der Waals surface area contributed by atoms with E-state index >= 15 is 0 Å². The standard InChI is InChI=1S/C31H27N3/c1-23-10-6-7-14-26-17-18-27(21-28(26)20-23)31-29(30-16-8-11-24(2)33-30)15-9-19-32-34(31)22-25-12-4-3-5-13-25/h3-14,16-18,20-21H,15,22H2,1-2H3/b7-6+,10-6?,14-7?,23-10-,23-20?,26-14+,28-20-. The molecular weight excluding hydrogens is 414 g/mol. The largest absolute Gasteiger partial charge is 0.253 e. The summed E-state index contributed by atoms with van der Waals surface area (Å²) in [5, 5.41) is 9.20. The Kier molecular flexibility index (Phi) is 6.20. The molecule has 0 fully saturated rings. The second-order valence-electron chi connectivity index (χ2n) is 8.62. The highest BCUT2D eigenvalue weighted by molar-refractivity contribution is 5.91. The fraction of sp³-hybridized carbons (Fsp3) is 0.129. The molecule has 2 heterocycles. The molecule has 0 atom stereocenters. The highest BCUT2D eigenvalue weighted by Crippen LogP contribution is 2.33. The van der Waals surface area contributed by atoms with Crippen molar-refractivity contribution in [2.75, 3.05) is 0 Å². The van der Waals surface area contributed by atoms with Crippen LogP contribution in [0.2, 0.25) is 0 Å². The van der Waals surface area contributed by atoms with Gasteiger partial charge in [0.15, 0.2) is 0 Å². The molecule has 0 unspecified atom stereocenters. The van der Waals surface area contributed by atoms with Crippen molar-refractivity contribution in [2.24, 2.45) is 5.10 Å². The maximum Gasteiger partial charge on any atom is 0.0734 e. The Morgan fingerprint density at radius 3 is 2.59 bits per heavy atom. The van der Waals surface area contributed by atoms with Gasteiger partial charge in [0.1, 0.15) is 0 Å². The molecule has 0 amide bonds. The molecule has 2 aromatic carbocycles. The van der Waals surface area contributed by atoms with Crippen molar-refractivity contribution in [1.82, 2.24) is 9.99 Å². The van der Waals surface area contributed by atoms with Crippen LogP contribution in [0.1, 0.15) is 35.9 Å². The first-order valence-electron chi connectivity index (χ1n) is 11.6. The van der Waals surface area contributed by atoms with Crippen LogP contribution in [0.25, 0.3) is 23.4 Å². The van der Waals surface area contributed by atoms with Gasteiger partial charge < -0.3 is 0 Å². The van der Waals surface area contributed by atoms with Crippen LogP contribution in [0.15, 0.2) is 102 Å². The van der Waals surface area contributed by atoms with Gasteiger partial charge in [-0.3, -0.25) is 9.99 Å². The molecule has 1 aliphatic carbocycles. The van der Waals surface area contributed by atoms with E-state index in [0.717, 1.165) is 34.6 Å². The van der Waals surface area contributed by atoms with E-state index in [2.05, 4.69) is 103 Å². The predicted molar refractivity (Wildman–Crippen MR) is 142 cm³/mol. The average Bonchev–Trinajstić information content (AvgIpc) is 3.04. The zero-order valence-electron chi connectivity index (χ0n) is 19.6. The summed E-state index contributed by atoms with van der Waals surface area (Å²) in [4.78, 5) is 4.88. The van der Waals surface area contributed by atoms with Gasteiger partial charge in [0, 0.05) is 29.1 Å². The van der Waals surface area contributed by atoms with Gasteiger partial charge in [-0.2, -0.15) is 0 Å². The summed E-state index contributed by atoms with van der Waals surface area (Å²) >= 11 is 0. The molecule has 1 aromatic heterocycles. The lowest BCUT2D eigenvalue weighted by molar-refractivity contribution is 0.419. The van der Waals surface area contributed by atoms with E-state index < -0.39 is 0 Å². The first-order chi connectivity index (χ1) is 16.7. The lowest BCUT2D eigenvalue weighted by Gasteiger charge is -2.24. The highest BCUT2D eigenvalue weighted by Gasteiger charge is 2.20. The third kappa shape index (κ3) is 4.76. The van der Waals surface area contributed by atoms with Crippen molar-refractivity contribution in [3.63, 3.8) is 0 Å². The predicted octanol–water partition coefficient (Wildman–Crippen LogP) is 5.38. The molecule has 34 heavy (non-hydrogen) atoms. The van der Waals surface area contributed by atoms with Crippen LogP contribution in [0.3, 0.4) is 0 Å². The lowest BCUT2D eigenvalue weighted by atomic mass is 9.97. The summed E-state index contributed by atoms with van der Waals surface area (Å²) in [6.07, 6.45) is 13.4. The summed E-state index contributed by atoms with van der Waals surface area (Å²) in [5.74, 6) is 3.14. The number of nitrogens with zero attached hydrogens (tertiary/aromatic N) is 3. The molecule has 5 rings (SSSR count). The van der Waals surface area contributed by atoms with E-state index in [1.54, 1.807) is 0 Å². The number of hydrogen-bond acceptors (Lipinski definition) is 3. The Hall–Kier alpha value is -4.20. The smallest absolute Gasteiger partial charge is 0.0734 e. The van der Waals surface area contributed by atoms with Crippen LogP contribution in [0.5, 0.6) is 0 Å². The zero-order valence-corrected chi connectivity index (χ0v) is 19.6. The number of aryl methyl sites for hydroxylation is 1. The molecule has 0 bridgehead atoms. The van der Waals surface area contributed by atoms with E-state index in [9.17, 15) is 0 Å². The highest BCUT2D eigenvalue weighted by atomic mass is 15.5. The minimum atomic E-state index is 0.654. The summed E-state index contributed by atoms with van der Waals surface area (Å²) in [5.41, 5.74) is 7.73. The lowest BCUT2D eigenvalue weighted by Crippen LogP contribution is -2.26. The Labute approximate surface area is 200 Å². The Morgan fingerprint density at radius 1 is 0.882 bits per heavy atom. The molecule has 0 spiro atoms. The van der Waals surface area contributed by atoms with Crippen LogP contribution in [0.4, 0.5) is 0 Å². The van der Waals surface area contributed by atoms with Crippen LogP contribution in [-0.4, -0.2) is 15.9 Å². The van der Waals surface area contributed by atoms with E-state index in [0.29, 0.717) is 6.54 Å². The Balaban J connectivity index is 1.74. The SMILES string of the molecule is CC1=C/C=C/C=c2\ccc(C3=C(c4cccc(C)n4)CC=C=NN3Cc3ccccc3)c\c2=C\1. The quantitative estimate of drug-likeness (QED) is 0.544. The van der Waals surface area contributed by atoms with Crippen molar-refractivity contribution in [3.05, 3.63) is 130 Å². The van der Waals surface area contributed by atoms with Gasteiger partial charge in [0.2, 0.25) is 0 Å². The molecule has 2 aliphatic rings. The molecule has 0 saturated heterocycles. The number of hydrogen-bond donors (Lipinski definition) is 0. The number of aromatic nitrogens is 1. The fourth-order valence-corrected chi connectivity index (χ4v) is 4.35. The Morgan fingerprint density at radius 2 is 1.74 bits per heavy atom. The molecule has 0 saturated carbocycles. The van der Waals surface area contributed by atoms with E-state index in [1.165, 1.54) is 21.6 Å². The number of rotatable bonds is 4. The van der Waals surface area contributed by atoms with Gasteiger partial charge in [-0.1, -0.05) is 84.5 Å².